The van der Waals surface area contributed by atoms with Gasteiger partial charge in [0.15, 0.2) is 11.6 Å². The van der Waals surface area contributed by atoms with Crippen LogP contribution >= 0.6 is 0 Å². The van der Waals surface area contributed by atoms with E-state index in [0.29, 0.717) is 47.1 Å². The van der Waals surface area contributed by atoms with Crippen LogP contribution in [0.25, 0.3) is 44.7 Å². The number of carbonyl (C=O) groups excluding carboxylic acids is 1. The molecular formula is C33H26N4O6. The van der Waals surface area contributed by atoms with Crippen LogP contribution in [0.5, 0.6) is 6.01 Å². The number of aromatic amines is 1. The third-order valence-electron chi connectivity index (χ3n) is 7.18. The van der Waals surface area contributed by atoms with E-state index in [9.17, 15) is 19.5 Å². The average molecular weight is 575 g/mol. The molecule has 2 N–H and O–H groups in total. The number of H-pyrrole nitrogens is 1. The molecule has 214 valence electrons. The predicted molar refractivity (Wildman–Crippen MR) is 160 cm³/mol. The molecule has 2 aromatic heterocycles. The molecule has 0 amide bonds. The zero-order chi connectivity index (χ0) is 30.1. The van der Waals surface area contributed by atoms with E-state index in [0.717, 1.165) is 27.8 Å². The number of carboxylic acid groups (broad SMARTS) is 1. The fraction of sp³-hybridized carbons (Fsp3) is 0.121. The number of nitrogens with zero attached hydrogens (tertiary/aromatic N) is 3. The van der Waals surface area contributed by atoms with Gasteiger partial charge in [0.1, 0.15) is 0 Å². The third kappa shape index (κ3) is 5.33. The van der Waals surface area contributed by atoms with Crippen molar-refractivity contribution in [3.8, 4) is 39.7 Å². The number of para-hydroxylation sites is 1. The highest BCUT2D eigenvalue weighted by atomic mass is 16.5. The number of nitrogens with one attached hydrogen (secondary N) is 1. The number of benzene rings is 4. The van der Waals surface area contributed by atoms with Crippen LogP contribution in [0.15, 0.2) is 94.2 Å². The van der Waals surface area contributed by atoms with Crippen LogP contribution in [-0.2, 0) is 6.54 Å². The number of aromatic carboxylic acids is 1. The van der Waals surface area contributed by atoms with Crippen molar-refractivity contribution < 1.29 is 24.0 Å². The second-order valence-electron chi connectivity index (χ2n) is 9.93. The molecule has 10 heteroatoms. The molecular weight excluding hydrogens is 548 g/mol. The first-order valence-electron chi connectivity index (χ1n) is 13.6. The molecule has 0 aliphatic rings. The molecule has 0 fully saturated rings. The lowest BCUT2D eigenvalue weighted by Crippen LogP contribution is -2.08. The van der Waals surface area contributed by atoms with E-state index >= 15 is 0 Å². The second kappa shape index (κ2) is 11.2. The largest absolute Gasteiger partial charge is 0.478 e. The summed E-state index contributed by atoms with van der Waals surface area (Å²) in [6.07, 6.45) is 0. The van der Waals surface area contributed by atoms with Gasteiger partial charge in [-0.05, 0) is 65.9 Å². The molecule has 0 radical (unpaired) electrons. The molecule has 6 aromatic rings. The molecule has 0 bridgehead atoms. The SMILES string of the molecule is CCOc1nc2cccc(C(=O)O)c2n1Cc1ccc(-c2cc(-c3ccc(C(C)=O)cc3)ccc2-c2noc(=O)[nH]2)cc1. The maximum atomic E-state index is 12.0. The van der Waals surface area contributed by atoms with E-state index in [2.05, 4.69) is 15.1 Å². The minimum Gasteiger partial charge on any atom is -0.478 e. The number of ether oxygens (including phenoxy) is 1. The lowest BCUT2D eigenvalue weighted by Gasteiger charge is -2.13. The number of hydrogen-bond acceptors (Lipinski definition) is 7. The summed E-state index contributed by atoms with van der Waals surface area (Å²) in [5, 5.41) is 13.7. The summed E-state index contributed by atoms with van der Waals surface area (Å²) < 4.78 is 12.3. The Labute approximate surface area is 245 Å². The summed E-state index contributed by atoms with van der Waals surface area (Å²) in [6.45, 7) is 4.10. The number of aromatic nitrogens is 4. The molecule has 0 atom stereocenters. The van der Waals surface area contributed by atoms with Crippen LogP contribution in [0.1, 0.15) is 40.1 Å². The van der Waals surface area contributed by atoms with E-state index < -0.39 is 11.7 Å². The van der Waals surface area contributed by atoms with Crippen molar-refractivity contribution in [2.24, 2.45) is 0 Å². The van der Waals surface area contributed by atoms with Crippen molar-refractivity contribution in [2.45, 2.75) is 20.4 Å². The molecule has 10 nitrogen and oxygen atoms in total. The van der Waals surface area contributed by atoms with Gasteiger partial charge < -0.3 is 9.84 Å². The first kappa shape index (κ1) is 27.4. The fourth-order valence-electron chi connectivity index (χ4n) is 5.11. The van der Waals surface area contributed by atoms with Gasteiger partial charge in [0.25, 0.3) is 6.01 Å². The molecule has 0 aliphatic carbocycles. The lowest BCUT2D eigenvalue weighted by molar-refractivity contribution is 0.0698. The Bertz CT molecular complexity index is 2040. The first-order valence-corrected chi connectivity index (χ1v) is 13.6. The molecule has 0 unspecified atom stereocenters. The molecule has 2 heterocycles. The summed E-state index contributed by atoms with van der Waals surface area (Å²) in [7, 11) is 0. The van der Waals surface area contributed by atoms with Crippen molar-refractivity contribution in [1.82, 2.24) is 19.7 Å². The van der Waals surface area contributed by atoms with Crippen LogP contribution in [0.4, 0.5) is 0 Å². The number of ketones is 1. The standard InChI is InChI=1S/C33H26N4O6/c1-3-42-32-34-28-6-4-5-26(31(39)40)29(28)37(32)18-20-7-9-23(10-8-20)27-17-24(22-13-11-21(12-14-22)19(2)38)15-16-25(27)30-35-33(41)43-36-30/h4-17H,3,18H2,1-2H3,(H,39,40)(H,35,36,41). The highest BCUT2D eigenvalue weighted by Crippen LogP contribution is 2.35. The number of rotatable bonds is 9. The second-order valence-corrected chi connectivity index (χ2v) is 9.93. The Balaban J connectivity index is 1.40. The van der Waals surface area contributed by atoms with Crippen LogP contribution in [0.2, 0.25) is 0 Å². The van der Waals surface area contributed by atoms with Crippen molar-refractivity contribution in [2.75, 3.05) is 6.61 Å². The highest BCUT2D eigenvalue weighted by molar-refractivity contribution is 6.01. The molecule has 0 saturated carbocycles. The Morgan fingerprint density at radius 1 is 0.930 bits per heavy atom. The number of Topliss-reactive ketones (excluding diaryl/α,β-unsaturated/α-hetero) is 1. The van der Waals surface area contributed by atoms with Gasteiger partial charge in [0.2, 0.25) is 0 Å². The molecule has 0 saturated heterocycles. The van der Waals surface area contributed by atoms with Crippen LogP contribution < -0.4 is 10.5 Å². The normalized spacial score (nSPS) is 11.1. The number of carboxylic acids is 1. The van der Waals surface area contributed by atoms with Gasteiger partial charge in [-0.15, -0.1) is 0 Å². The first-order chi connectivity index (χ1) is 20.8. The summed E-state index contributed by atoms with van der Waals surface area (Å²) >= 11 is 0. The molecule has 0 aliphatic heterocycles. The fourth-order valence-corrected chi connectivity index (χ4v) is 5.11. The monoisotopic (exact) mass is 574 g/mol. The van der Waals surface area contributed by atoms with Crippen LogP contribution in [0.3, 0.4) is 0 Å². The van der Waals surface area contributed by atoms with E-state index in [-0.39, 0.29) is 11.3 Å². The van der Waals surface area contributed by atoms with Gasteiger partial charge in [0, 0.05) is 11.1 Å². The Morgan fingerprint density at radius 2 is 1.65 bits per heavy atom. The smallest absolute Gasteiger partial charge is 0.439 e. The minimum atomic E-state index is -1.04. The Hall–Kier alpha value is -5.77. The van der Waals surface area contributed by atoms with Crippen molar-refractivity contribution in [3.05, 3.63) is 112 Å². The summed E-state index contributed by atoms with van der Waals surface area (Å²) in [4.78, 5) is 42.6. The van der Waals surface area contributed by atoms with Gasteiger partial charge in [-0.2, -0.15) is 4.98 Å². The zero-order valence-electron chi connectivity index (χ0n) is 23.3. The van der Waals surface area contributed by atoms with Crippen molar-refractivity contribution >= 4 is 22.8 Å². The third-order valence-corrected chi connectivity index (χ3v) is 7.18. The summed E-state index contributed by atoms with van der Waals surface area (Å²) in [6, 6.07) is 26.3. The van der Waals surface area contributed by atoms with E-state index in [1.54, 1.807) is 34.9 Å². The number of carbonyl (C=O) groups is 2. The summed E-state index contributed by atoms with van der Waals surface area (Å²) in [5.41, 5.74) is 6.88. The van der Waals surface area contributed by atoms with Crippen LogP contribution in [0, 0.1) is 0 Å². The topological polar surface area (TPSA) is 140 Å². The molecule has 0 spiro atoms. The molecule has 43 heavy (non-hydrogen) atoms. The molecule has 4 aromatic carbocycles. The Kier molecular flexibility index (Phi) is 7.17. The van der Waals surface area contributed by atoms with E-state index in [4.69, 9.17) is 9.26 Å². The zero-order valence-corrected chi connectivity index (χ0v) is 23.3. The lowest BCUT2D eigenvalue weighted by atomic mass is 9.93. The van der Waals surface area contributed by atoms with E-state index in [1.165, 1.54) is 6.92 Å². The highest BCUT2D eigenvalue weighted by Gasteiger charge is 2.19. The van der Waals surface area contributed by atoms with Gasteiger partial charge >= 0.3 is 11.7 Å². The maximum absolute atomic E-state index is 12.0. The van der Waals surface area contributed by atoms with Gasteiger partial charge in [-0.1, -0.05) is 65.8 Å². The van der Waals surface area contributed by atoms with Crippen LogP contribution in [-0.4, -0.2) is 43.2 Å². The van der Waals surface area contributed by atoms with Gasteiger partial charge in [-0.25, -0.2) is 9.59 Å². The van der Waals surface area contributed by atoms with Crippen molar-refractivity contribution in [1.29, 1.82) is 0 Å². The Morgan fingerprint density at radius 3 is 2.30 bits per heavy atom. The van der Waals surface area contributed by atoms with Gasteiger partial charge in [0.05, 0.1) is 29.7 Å². The predicted octanol–water partition coefficient (Wildman–Crippen LogP) is 6.06. The molecule has 6 rings (SSSR count). The van der Waals surface area contributed by atoms with Gasteiger partial charge in [-0.3, -0.25) is 18.9 Å². The number of fused-ring (bicyclic) bond motifs is 1. The maximum Gasteiger partial charge on any atom is 0.439 e. The van der Waals surface area contributed by atoms with E-state index in [1.807, 2.05) is 61.5 Å². The number of hydrogen-bond donors (Lipinski definition) is 2. The quantitative estimate of drug-likeness (QED) is 0.199. The number of imidazole rings is 1. The average Bonchev–Trinajstić information content (AvgIpc) is 3.60. The summed E-state index contributed by atoms with van der Waals surface area (Å²) in [5.74, 6) is -1.40. The van der Waals surface area contributed by atoms with Crippen molar-refractivity contribution in [3.63, 3.8) is 0 Å². The minimum absolute atomic E-state index is 0.00563.